The highest BCUT2D eigenvalue weighted by Gasteiger charge is 2.51. The second-order valence-corrected chi connectivity index (χ2v) is 5.07. The zero-order valence-electron chi connectivity index (χ0n) is 11.7. The number of hydrogen-bond donors (Lipinski definition) is 1. The molecule has 0 bridgehead atoms. The fourth-order valence-electron chi connectivity index (χ4n) is 2.43. The van der Waals surface area contributed by atoms with Gasteiger partial charge in [0.1, 0.15) is 11.3 Å². The zero-order chi connectivity index (χ0) is 14.0. The predicted molar refractivity (Wildman–Crippen MR) is 73.0 cm³/mol. The van der Waals surface area contributed by atoms with Crippen LogP contribution in [-0.2, 0) is 15.1 Å². The van der Waals surface area contributed by atoms with E-state index < -0.39 is 5.54 Å². The number of nitrogens with two attached hydrogens (primary N) is 1. The van der Waals surface area contributed by atoms with Crippen LogP contribution in [0.3, 0.4) is 0 Å². The van der Waals surface area contributed by atoms with E-state index in [9.17, 15) is 4.79 Å². The summed E-state index contributed by atoms with van der Waals surface area (Å²) in [5.41, 5.74) is 7.13. The highest BCUT2D eigenvalue weighted by Crippen LogP contribution is 2.47. The molecule has 104 valence electrons. The zero-order valence-corrected chi connectivity index (χ0v) is 11.7. The summed E-state index contributed by atoms with van der Waals surface area (Å²) in [5, 5.41) is 0. The van der Waals surface area contributed by atoms with E-state index >= 15 is 0 Å². The summed E-state index contributed by atoms with van der Waals surface area (Å²) in [6.45, 7) is 4.10. The Morgan fingerprint density at radius 3 is 2.68 bits per heavy atom. The van der Waals surface area contributed by atoms with Gasteiger partial charge < -0.3 is 15.2 Å². The van der Waals surface area contributed by atoms with Crippen LogP contribution in [0.2, 0.25) is 0 Å². The lowest BCUT2D eigenvalue weighted by Crippen LogP contribution is -2.48. The van der Waals surface area contributed by atoms with E-state index in [-0.39, 0.29) is 11.9 Å². The third-order valence-electron chi connectivity index (χ3n) is 3.64. The Morgan fingerprint density at radius 1 is 1.47 bits per heavy atom. The normalized spacial score (nSPS) is 17.7. The number of hydrogen-bond acceptors (Lipinski definition) is 4. The lowest BCUT2D eigenvalue weighted by atomic mass is 9.85. The Balaban J connectivity index is 2.47. The molecular weight excluding hydrogens is 242 g/mol. The molecule has 0 radical (unpaired) electrons. The molecule has 19 heavy (non-hydrogen) atoms. The van der Waals surface area contributed by atoms with Crippen LogP contribution in [-0.4, -0.2) is 19.7 Å². The highest BCUT2D eigenvalue weighted by atomic mass is 16.5. The third-order valence-corrected chi connectivity index (χ3v) is 3.64. The van der Waals surface area contributed by atoms with E-state index in [0.717, 1.165) is 24.0 Å². The molecule has 0 aromatic heterocycles. The molecule has 1 aromatic carbocycles. The van der Waals surface area contributed by atoms with E-state index in [1.54, 1.807) is 14.0 Å². The van der Waals surface area contributed by atoms with Crippen molar-refractivity contribution < 1.29 is 14.3 Å². The van der Waals surface area contributed by atoms with Crippen molar-refractivity contribution >= 4 is 5.97 Å². The SMILES string of the molecule is CCOC(=O)C(N)(c1ccc(C)cc1OC)C1CC1. The highest BCUT2D eigenvalue weighted by molar-refractivity contribution is 5.84. The summed E-state index contributed by atoms with van der Waals surface area (Å²) in [6.07, 6.45) is 1.90. The van der Waals surface area contributed by atoms with Crippen LogP contribution in [0.15, 0.2) is 18.2 Å². The van der Waals surface area contributed by atoms with Gasteiger partial charge in [0.25, 0.3) is 0 Å². The molecule has 0 saturated heterocycles. The first-order chi connectivity index (χ1) is 9.03. The molecule has 4 heteroatoms. The molecule has 1 aliphatic carbocycles. The average molecular weight is 263 g/mol. The largest absolute Gasteiger partial charge is 0.496 e. The summed E-state index contributed by atoms with van der Waals surface area (Å²) in [5.74, 6) is 0.435. The van der Waals surface area contributed by atoms with Crippen LogP contribution in [0.1, 0.15) is 30.9 Å². The molecule has 1 fully saturated rings. The van der Waals surface area contributed by atoms with Crippen molar-refractivity contribution in [2.75, 3.05) is 13.7 Å². The molecule has 0 aliphatic heterocycles. The van der Waals surface area contributed by atoms with Crippen molar-refractivity contribution in [1.29, 1.82) is 0 Å². The summed E-state index contributed by atoms with van der Waals surface area (Å²) in [4.78, 5) is 12.3. The molecule has 1 aliphatic rings. The van der Waals surface area contributed by atoms with Gasteiger partial charge in [-0.15, -0.1) is 0 Å². The molecular formula is C15H21NO3. The van der Waals surface area contributed by atoms with Crippen LogP contribution >= 0.6 is 0 Å². The van der Waals surface area contributed by atoms with Crippen LogP contribution in [0.25, 0.3) is 0 Å². The predicted octanol–water partition coefficient (Wildman–Crippen LogP) is 2.13. The number of carbonyl (C=O) groups is 1. The topological polar surface area (TPSA) is 61.5 Å². The van der Waals surface area contributed by atoms with Gasteiger partial charge in [-0.05, 0) is 44.2 Å². The molecule has 4 nitrogen and oxygen atoms in total. The van der Waals surface area contributed by atoms with Gasteiger partial charge >= 0.3 is 5.97 Å². The molecule has 1 atom stereocenters. The molecule has 0 heterocycles. The van der Waals surface area contributed by atoms with Crippen LogP contribution in [0, 0.1) is 12.8 Å². The fraction of sp³-hybridized carbons (Fsp3) is 0.533. The van der Waals surface area contributed by atoms with Gasteiger partial charge in [0.2, 0.25) is 0 Å². The van der Waals surface area contributed by atoms with Gasteiger partial charge in [-0.2, -0.15) is 0 Å². The van der Waals surface area contributed by atoms with Gasteiger partial charge in [-0.25, -0.2) is 4.79 Å². The number of carbonyl (C=O) groups excluding carboxylic acids is 1. The Morgan fingerprint density at radius 2 is 2.16 bits per heavy atom. The number of aryl methyl sites for hydroxylation is 1. The van der Waals surface area contributed by atoms with Gasteiger partial charge in [0.05, 0.1) is 13.7 Å². The first-order valence-corrected chi connectivity index (χ1v) is 6.65. The van der Waals surface area contributed by atoms with Crippen LogP contribution in [0.4, 0.5) is 0 Å². The van der Waals surface area contributed by atoms with Crippen molar-refractivity contribution in [3.8, 4) is 5.75 Å². The summed E-state index contributed by atoms with van der Waals surface area (Å²) in [6, 6.07) is 5.73. The van der Waals surface area contributed by atoms with E-state index in [1.807, 2.05) is 25.1 Å². The van der Waals surface area contributed by atoms with Crippen molar-refractivity contribution in [3.05, 3.63) is 29.3 Å². The lowest BCUT2D eigenvalue weighted by Gasteiger charge is -2.29. The molecule has 0 spiro atoms. The van der Waals surface area contributed by atoms with E-state index in [1.165, 1.54) is 0 Å². The smallest absolute Gasteiger partial charge is 0.331 e. The fourth-order valence-corrected chi connectivity index (χ4v) is 2.43. The number of benzene rings is 1. The Labute approximate surface area is 113 Å². The third kappa shape index (κ3) is 2.45. The van der Waals surface area contributed by atoms with Crippen molar-refractivity contribution in [1.82, 2.24) is 0 Å². The molecule has 1 unspecified atom stereocenters. The molecule has 2 N–H and O–H groups in total. The summed E-state index contributed by atoms with van der Waals surface area (Å²) in [7, 11) is 1.59. The van der Waals surface area contributed by atoms with Gasteiger partial charge in [-0.1, -0.05) is 12.1 Å². The monoisotopic (exact) mass is 263 g/mol. The molecule has 1 saturated carbocycles. The van der Waals surface area contributed by atoms with Gasteiger partial charge in [0.15, 0.2) is 0 Å². The summed E-state index contributed by atoms with van der Waals surface area (Å²) < 4.78 is 10.6. The minimum absolute atomic E-state index is 0.142. The van der Waals surface area contributed by atoms with Crippen LogP contribution in [0.5, 0.6) is 5.75 Å². The Bertz CT molecular complexity index is 482. The first kappa shape index (κ1) is 13.9. The molecule has 1 aromatic rings. The maximum atomic E-state index is 12.3. The second-order valence-electron chi connectivity index (χ2n) is 5.07. The number of esters is 1. The second kappa shape index (κ2) is 5.21. The van der Waals surface area contributed by atoms with Crippen LogP contribution < -0.4 is 10.5 Å². The maximum Gasteiger partial charge on any atom is 0.331 e. The van der Waals surface area contributed by atoms with Crippen molar-refractivity contribution in [3.63, 3.8) is 0 Å². The number of rotatable bonds is 5. The molecule has 0 amide bonds. The molecule has 2 rings (SSSR count). The van der Waals surface area contributed by atoms with Crippen molar-refractivity contribution in [2.45, 2.75) is 32.2 Å². The quantitative estimate of drug-likeness (QED) is 0.827. The van der Waals surface area contributed by atoms with Crippen molar-refractivity contribution in [2.24, 2.45) is 11.7 Å². The standard InChI is InChI=1S/C15H21NO3/c1-4-19-14(17)15(16,11-6-7-11)12-8-5-10(2)9-13(12)18-3/h5,8-9,11H,4,6-7,16H2,1-3H3. The Hall–Kier alpha value is -1.55. The first-order valence-electron chi connectivity index (χ1n) is 6.65. The summed E-state index contributed by atoms with van der Waals surface area (Å²) >= 11 is 0. The number of ether oxygens (including phenoxy) is 2. The van der Waals surface area contributed by atoms with Gasteiger partial charge in [0, 0.05) is 5.56 Å². The minimum atomic E-state index is -1.09. The maximum absolute atomic E-state index is 12.3. The van der Waals surface area contributed by atoms with E-state index in [4.69, 9.17) is 15.2 Å². The van der Waals surface area contributed by atoms with Gasteiger partial charge in [-0.3, -0.25) is 0 Å². The lowest BCUT2D eigenvalue weighted by molar-refractivity contribution is -0.151. The number of methoxy groups -OCH3 is 1. The average Bonchev–Trinajstić information content (AvgIpc) is 3.22. The van der Waals surface area contributed by atoms with E-state index in [0.29, 0.717) is 12.4 Å². The Kier molecular flexibility index (Phi) is 3.80. The van der Waals surface area contributed by atoms with E-state index in [2.05, 4.69) is 0 Å². The minimum Gasteiger partial charge on any atom is -0.496 e.